The van der Waals surface area contributed by atoms with E-state index in [0.717, 1.165) is 40.3 Å². The number of hydrogen-bond acceptors (Lipinski definition) is 3. The molecule has 96 valence electrons. The first-order valence-corrected chi connectivity index (χ1v) is 6.20. The van der Waals surface area contributed by atoms with E-state index in [1.165, 1.54) is 0 Å². The molecule has 3 nitrogen and oxygen atoms in total. The Bertz CT molecular complexity index is 393. The van der Waals surface area contributed by atoms with E-state index in [4.69, 9.17) is 27.8 Å². The van der Waals surface area contributed by atoms with Crippen molar-refractivity contribution in [2.75, 3.05) is 13.7 Å². The molecule has 0 fully saturated rings. The van der Waals surface area contributed by atoms with Crippen LogP contribution < -0.4 is 16.2 Å². The van der Waals surface area contributed by atoms with Crippen LogP contribution in [0.4, 0.5) is 0 Å². The molecular formula is C13H21ClN2O. The van der Waals surface area contributed by atoms with Crippen LogP contribution in [0.1, 0.15) is 35.6 Å². The van der Waals surface area contributed by atoms with Crippen molar-refractivity contribution in [3.63, 3.8) is 0 Å². The summed E-state index contributed by atoms with van der Waals surface area (Å²) in [6.45, 7) is 4.59. The molecule has 1 aromatic carbocycles. The molecule has 0 radical (unpaired) electrons. The van der Waals surface area contributed by atoms with Gasteiger partial charge in [-0.1, -0.05) is 11.6 Å². The molecule has 0 aliphatic carbocycles. The van der Waals surface area contributed by atoms with Crippen LogP contribution in [0.25, 0.3) is 0 Å². The van der Waals surface area contributed by atoms with Crippen molar-refractivity contribution >= 4 is 11.6 Å². The van der Waals surface area contributed by atoms with Gasteiger partial charge in [-0.15, -0.1) is 0 Å². The van der Waals surface area contributed by atoms with Crippen molar-refractivity contribution in [2.24, 2.45) is 11.5 Å². The Hall–Kier alpha value is -0.770. The van der Waals surface area contributed by atoms with Crippen LogP contribution >= 0.6 is 11.6 Å². The topological polar surface area (TPSA) is 61.3 Å². The van der Waals surface area contributed by atoms with E-state index in [0.29, 0.717) is 6.54 Å². The molecule has 17 heavy (non-hydrogen) atoms. The molecule has 4 heteroatoms. The van der Waals surface area contributed by atoms with Crippen LogP contribution in [-0.2, 0) is 0 Å². The summed E-state index contributed by atoms with van der Waals surface area (Å²) in [4.78, 5) is 0. The SMILES string of the molecule is COc1cc(C)c(Cl)c(C)c1C(N)CCCN. The average molecular weight is 257 g/mol. The predicted octanol–water partition coefficient (Wildman–Crippen LogP) is 2.70. The van der Waals surface area contributed by atoms with E-state index in [-0.39, 0.29) is 6.04 Å². The Balaban J connectivity index is 3.16. The Kier molecular flexibility index (Phi) is 5.25. The van der Waals surface area contributed by atoms with Crippen LogP contribution in [0.3, 0.4) is 0 Å². The molecule has 0 saturated heterocycles. The van der Waals surface area contributed by atoms with Crippen molar-refractivity contribution < 1.29 is 4.74 Å². The lowest BCUT2D eigenvalue weighted by Gasteiger charge is -2.20. The maximum Gasteiger partial charge on any atom is 0.124 e. The maximum absolute atomic E-state index is 6.25. The van der Waals surface area contributed by atoms with Gasteiger partial charge >= 0.3 is 0 Å². The van der Waals surface area contributed by atoms with Crippen LogP contribution in [0, 0.1) is 13.8 Å². The summed E-state index contributed by atoms with van der Waals surface area (Å²) in [5, 5.41) is 0.768. The summed E-state index contributed by atoms with van der Waals surface area (Å²) in [7, 11) is 1.65. The molecule has 1 aromatic rings. The molecule has 0 aliphatic heterocycles. The van der Waals surface area contributed by atoms with Gasteiger partial charge in [0.25, 0.3) is 0 Å². The lowest BCUT2D eigenvalue weighted by atomic mass is 9.95. The number of aryl methyl sites for hydroxylation is 1. The quantitative estimate of drug-likeness (QED) is 0.852. The summed E-state index contributed by atoms with van der Waals surface area (Å²) >= 11 is 6.25. The lowest BCUT2D eigenvalue weighted by Crippen LogP contribution is -2.15. The van der Waals surface area contributed by atoms with Gasteiger partial charge in [0.2, 0.25) is 0 Å². The van der Waals surface area contributed by atoms with Crippen molar-refractivity contribution in [1.29, 1.82) is 0 Å². The van der Waals surface area contributed by atoms with E-state index in [1.807, 2.05) is 19.9 Å². The smallest absolute Gasteiger partial charge is 0.124 e. The van der Waals surface area contributed by atoms with Gasteiger partial charge in [0, 0.05) is 16.6 Å². The fourth-order valence-corrected chi connectivity index (χ4v) is 2.20. The minimum absolute atomic E-state index is 0.0772. The minimum Gasteiger partial charge on any atom is -0.496 e. The summed E-state index contributed by atoms with van der Waals surface area (Å²) in [6.07, 6.45) is 1.74. The van der Waals surface area contributed by atoms with Crippen molar-refractivity contribution in [3.8, 4) is 5.75 Å². The third-order valence-corrected chi connectivity index (χ3v) is 3.58. The summed E-state index contributed by atoms with van der Waals surface area (Å²) in [5.74, 6) is 0.814. The number of rotatable bonds is 5. The van der Waals surface area contributed by atoms with Gasteiger partial charge in [0.15, 0.2) is 0 Å². The van der Waals surface area contributed by atoms with Crippen molar-refractivity contribution in [2.45, 2.75) is 32.7 Å². The first kappa shape index (κ1) is 14.3. The van der Waals surface area contributed by atoms with E-state index in [2.05, 4.69) is 0 Å². The number of hydrogen-bond donors (Lipinski definition) is 2. The zero-order valence-electron chi connectivity index (χ0n) is 10.7. The maximum atomic E-state index is 6.25. The number of benzene rings is 1. The van der Waals surface area contributed by atoms with Gasteiger partial charge < -0.3 is 16.2 Å². The van der Waals surface area contributed by atoms with Crippen LogP contribution in [0.5, 0.6) is 5.75 Å². The predicted molar refractivity (Wildman–Crippen MR) is 72.7 cm³/mol. The van der Waals surface area contributed by atoms with E-state index in [1.54, 1.807) is 7.11 Å². The Morgan fingerprint density at radius 1 is 1.41 bits per heavy atom. The molecule has 1 unspecified atom stereocenters. The highest BCUT2D eigenvalue weighted by molar-refractivity contribution is 6.32. The molecule has 0 amide bonds. The molecule has 4 N–H and O–H groups in total. The van der Waals surface area contributed by atoms with Gasteiger partial charge in [-0.05, 0) is 50.4 Å². The Morgan fingerprint density at radius 2 is 2.06 bits per heavy atom. The molecule has 1 atom stereocenters. The lowest BCUT2D eigenvalue weighted by molar-refractivity contribution is 0.402. The van der Waals surface area contributed by atoms with E-state index in [9.17, 15) is 0 Å². The van der Waals surface area contributed by atoms with Crippen LogP contribution in [-0.4, -0.2) is 13.7 Å². The number of ether oxygens (including phenoxy) is 1. The van der Waals surface area contributed by atoms with Gasteiger partial charge in [-0.2, -0.15) is 0 Å². The fourth-order valence-electron chi connectivity index (χ4n) is 2.05. The minimum atomic E-state index is -0.0772. The fraction of sp³-hybridized carbons (Fsp3) is 0.538. The third kappa shape index (κ3) is 3.12. The van der Waals surface area contributed by atoms with E-state index >= 15 is 0 Å². The largest absolute Gasteiger partial charge is 0.496 e. The second-order valence-corrected chi connectivity index (χ2v) is 4.66. The number of halogens is 1. The Labute approximate surface area is 108 Å². The first-order chi connectivity index (χ1) is 8.02. The van der Waals surface area contributed by atoms with Crippen molar-refractivity contribution in [1.82, 2.24) is 0 Å². The molecule has 0 bridgehead atoms. The third-order valence-electron chi connectivity index (χ3n) is 3.00. The van der Waals surface area contributed by atoms with Crippen LogP contribution in [0.15, 0.2) is 6.07 Å². The van der Waals surface area contributed by atoms with Gasteiger partial charge in [0.1, 0.15) is 5.75 Å². The number of nitrogens with two attached hydrogens (primary N) is 2. The second kappa shape index (κ2) is 6.24. The van der Waals surface area contributed by atoms with Gasteiger partial charge in [-0.25, -0.2) is 0 Å². The zero-order chi connectivity index (χ0) is 13.0. The van der Waals surface area contributed by atoms with Crippen LogP contribution in [0.2, 0.25) is 5.02 Å². The monoisotopic (exact) mass is 256 g/mol. The van der Waals surface area contributed by atoms with Crippen molar-refractivity contribution in [3.05, 3.63) is 27.8 Å². The van der Waals surface area contributed by atoms with Gasteiger partial charge in [0.05, 0.1) is 7.11 Å². The summed E-state index contributed by atoms with van der Waals surface area (Å²) in [6, 6.07) is 1.86. The molecule has 0 aromatic heterocycles. The zero-order valence-corrected chi connectivity index (χ0v) is 11.5. The second-order valence-electron chi connectivity index (χ2n) is 4.29. The van der Waals surface area contributed by atoms with Gasteiger partial charge in [-0.3, -0.25) is 0 Å². The first-order valence-electron chi connectivity index (χ1n) is 5.82. The molecule has 0 saturated carbocycles. The Morgan fingerprint density at radius 3 is 2.59 bits per heavy atom. The highest BCUT2D eigenvalue weighted by atomic mass is 35.5. The molecular weight excluding hydrogens is 236 g/mol. The summed E-state index contributed by atoms with van der Waals surface area (Å²) < 4.78 is 5.39. The molecule has 0 aliphatic rings. The molecule has 0 spiro atoms. The highest BCUT2D eigenvalue weighted by Gasteiger charge is 2.18. The van der Waals surface area contributed by atoms with E-state index < -0.39 is 0 Å². The molecule has 0 heterocycles. The molecule has 1 rings (SSSR count). The highest BCUT2D eigenvalue weighted by Crippen LogP contribution is 2.36. The number of methoxy groups -OCH3 is 1. The average Bonchev–Trinajstić information content (AvgIpc) is 2.32. The standard InChI is InChI=1S/C13H21ClN2O/c1-8-7-11(17-3)12(9(2)13(8)14)10(16)5-4-6-15/h7,10H,4-6,15-16H2,1-3H3. The summed E-state index contributed by atoms with van der Waals surface area (Å²) in [5.41, 5.74) is 14.7. The normalized spacial score (nSPS) is 12.6.